The van der Waals surface area contributed by atoms with Gasteiger partial charge in [0.05, 0.1) is 7.11 Å². The molecule has 0 unspecified atom stereocenters. The Balaban J connectivity index is 1.67. The zero-order valence-electron chi connectivity index (χ0n) is 14.0. The zero-order valence-corrected chi connectivity index (χ0v) is 14.0. The molecular weight excluding hydrogens is 320 g/mol. The summed E-state index contributed by atoms with van der Waals surface area (Å²) in [7, 11) is 1.60. The minimum absolute atomic E-state index is 0.277. The lowest BCUT2D eigenvalue weighted by molar-refractivity contribution is 0.0998. The van der Waals surface area contributed by atoms with Crippen LogP contribution in [0.4, 0.5) is 5.69 Å². The fraction of sp³-hybridized carbons (Fsp3) is 0.158. The molecule has 0 saturated carbocycles. The standard InChI is InChI=1S/C19H16N2O4/c1-10-14-9-13(23-3)5-7-16(14)25-18(10)19(22)21-12-4-6-17-15(8-12)20-11(2)24-17/h4-9H,1-3H3,(H,21,22). The highest BCUT2D eigenvalue weighted by atomic mass is 16.5. The van der Waals surface area contributed by atoms with Crippen molar-refractivity contribution >= 4 is 33.7 Å². The molecule has 1 amide bonds. The lowest BCUT2D eigenvalue weighted by atomic mass is 10.1. The molecule has 4 rings (SSSR count). The van der Waals surface area contributed by atoms with Gasteiger partial charge in [-0.25, -0.2) is 4.98 Å². The van der Waals surface area contributed by atoms with Gasteiger partial charge in [-0.15, -0.1) is 0 Å². The number of aryl methyl sites for hydroxylation is 2. The summed E-state index contributed by atoms with van der Waals surface area (Å²) >= 11 is 0. The van der Waals surface area contributed by atoms with Gasteiger partial charge in [-0.05, 0) is 43.3 Å². The van der Waals surface area contributed by atoms with Crippen LogP contribution in [0.15, 0.2) is 45.2 Å². The van der Waals surface area contributed by atoms with Gasteiger partial charge >= 0.3 is 0 Å². The van der Waals surface area contributed by atoms with E-state index < -0.39 is 0 Å². The molecule has 0 radical (unpaired) electrons. The summed E-state index contributed by atoms with van der Waals surface area (Å²) < 4.78 is 16.4. The maximum atomic E-state index is 12.6. The molecule has 6 heteroatoms. The lowest BCUT2D eigenvalue weighted by Crippen LogP contribution is -2.12. The number of rotatable bonds is 3. The Kier molecular flexibility index (Phi) is 3.46. The van der Waals surface area contributed by atoms with Crippen LogP contribution in [-0.2, 0) is 0 Å². The number of aromatic nitrogens is 1. The summed E-state index contributed by atoms with van der Waals surface area (Å²) in [5.41, 5.74) is 3.42. The first-order valence-electron chi connectivity index (χ1n) is 7.81. The molecule has 0 saturated heterocycles. The summed E-state index contributed by atoms with van der Waals surface area (Å²) in [4.78, 5) is 16.9. The van der Waals surface area contributed by atoms with Crippen LogP contribution >= 0.6 is 0 Å². The second kappa shape index (κ2) is 5.66. The second-order valence-corrected chi connectivity index (χ2v) is 5.79. The van der Waals surface area contributed by atoms with E-state index in [0.29, 0.717) is 28.3 Å². The minimum Gasteiger partial charge on any atom is -0.497 e. The van der Waals surface area contributed by atoms with Gasteiger partial charge in [-0.1, -0.05) is 0 Å². The van der Waals surface area contributed by atoms with Crippen molar-refractivity contribution in [1.29, 1.82) is 0 Å². The zero-order chi connectivity index (χ0) is 17.6. The number of methoxy groups -OCH3 is 1. The van der Waals surface area contributed by atoms with Crippen LogP contribution in [-0.4, -0.2) is 18.0 Å². The molecule has 0 atom stereocenters. The monoisotopic (exact) mass is 336 g/mol. The third kappa shape index (κ3) is 2.61. The van der Waals surface area contributed by atoms with Gasteiger partial charge in [0.25, 0.3) is 5.91 Å². The highest BCUT2D eigenvalue weighted by Gasteiger charge is 2.18. The first-order valence-corrected chi connectivity index (χ1v) is 7.81. The first kappa shape index (κ1) is 15.3. The van der Waals surface area contributed by atoms with E-state index in [0.717, 1.165) is 16.7 Å². The molecule has 126 valence electrons. The Bertz CT molecular complexity index is 1110. The number of carbonyl (C=O) groups is 1. The van der Waals surface area contributed by atoms with Crippen molar-refractivity contribution in [3.05, 3.63) is 53.6 Å². The largest absolute Gasteiger partial charge is 0.497 e. The fourth-order valence-electron chi connectivity index (χ4n) is 2.85. The quantitative estimate of drug-likeness (QED) is 0.598. The van der Waals surface area contributed by atoms with Crippen molar-refractivity contribution in [2.24, 2.45) is 0 Å². The van der Waals surface area contributed by atoms with E-state index in [1.807, 2.05) is 13.0 Å². The maximum Gasteiger partial charge on any atom is 0.291 e. The van der Waals surface area contributed by atoms with Gasteiger partial charge in [-0.2, -0.15) is 0 Å². The SMILES string of the molecule is COc1ccc2oc(C(=O)Nc3ccc4oc(C)nc4c3)c(C)c2c1. The summed E-state index contributed by atoms with van der Waals surface area (Å²) in [6.07, 6.45) is 0. The van der Waals surface area contributed by atoms with E-state index in [9.17, 15) is 4.79 Å². The molecule has 0 spiro atoms. The van der Waals surface area contributed by atoms with Gasteiger partial charge in [-0.3, -0.25) is 4.79 Å². The van der Waals surface area contributed by atoms with Crippen LogP contribution in [0.5, 0.6) is 5.75 Å². The number of furan rings is 1. The Morgan fingerprint density at radius 2 is 1.88 bits per heavy atom. The molecule has 0 aliphatic heterocycles. The van der Waals surface area contributed by atoms with E-state index in [1.54, 1.807) is 44.4 Å². The van der Waals surface area contributed by atoms with E-state index in [-0.39, 0.29) is 11.7 Å². The number of benzene rings is 2. The second-order valence-electron chi connectivity index (χ2n) is 5.79. The van der Waals surface area contributed by atoms with Gasteiger partial charge in [0, 0.05) is 23.6 Å². The van der Waals surface area contributed by atoms with Crippen LogP contribution in [0, 0.1) is 13.8 Å². The number of nitrogens with zero attached hydrogens (tertiary/aromatic N) is 1. The van der Waals surface area contributed by atoms with Crippen LogP contribution in [0.2, 0.25) is 0 Å². The summed E-state index contributed by atoms with van der Waals surface area (Å²) in [5, 5.41) is 3.70. The summed E-state index contributed by atoms with van der Waals surface area (Å²) in [5.74, 6) is 1.27. The third-order valence-corrected chi connectivity index (χ3v) is 4.10. The smallest absolute Gasteiger partial charge is 0.291 e. The maximum absolute atomic E-state index is 12.6. The van der Waals surface area contributed by atoms with Crippen molar-refractivity contribution in [1.82, 2.24) is 4.98 Å². The number of hydrogen-bond donors (Lipinski definition) is 1. The van der Waals surface area contributed by atoms with Crippen molar-refractivity contribution in [3.63, 3.8) is 0 Å². The van der Waals surface area contributed by atoms with Crippen molar-refractivity contribution in [2.75, 3.05) is 12.4 Å². The molecule has 2 heterocycles. The van der Waals surface area contributed by atoms with Gasteiger partial charge in [0.15, 0.2) is 17.2 Å². The summed E-state index contributed by atoms with van der Waals surface area (Å²) in [6.45, 7) is 3.63. The van der Waals surface area contributed by atoms with E-state index in [1.165, 1.54) is 0 Å². The number of nitrogens with one attached hydrogen (secondary N) is 1. The van der Waals surface area contributed by atoms with Gasteiger partial charge in [0.2, 0.25) is 0 Å². The predicted molar refractivity (Wildman–Crippen MR) is 94.2 cm³/mol. The van der Waals surface area contributed by atoms with Crippen molar-refractivity contribution in [3.8, 4) is 5.75 Å². The molecule has 2 aromatic heterocycles. The molecule has 1 N–H and O–H groups in total. The molecule has 2 aromatic carbocycles. The Hall–Kier alpha value is -3.28. The highest BCUT2D eigenvalue weighted by molar-refractivity contribution is 6.07. The number of anilines is 1. The van der Waals surface area contributed by atoms with Crippen LogP contribution < -0.4 is 10.1 Å². The number of amides is 1. The van der Waals surface area contributed by atoms with Crippen LogP contribution in [0.25, 0.3) is 22.1 Å². The molecule has 4 aromatic rings. The topological polar surface area (TPSA) is 77.5 Å². The number of oxazole rings is 1. The number of ether oxygens (including phenoxy) is 1. The number of hydrogen-bond acceptors (Lipinski definition) is 5. The van der Waals surface area contributed by atoms with E-state index in [2.05, 4.69) is 10.3 Å². The van der Waals surface area contributed by atoms with Crippen molar-refractivity contribution in [2.45, 2.75) is 13.8 Å². The number of fused-ring (bicyclic) bond motifs is 2. The lowest BCUT2D eigenvalue weighted by Gasteiger charge is -2.03. The molecule has 0 aliphatic rings. The molecule has 25 heavy (non-hydrogen) atoms. The van der Waals surface area contributed by atoms with Gasteiger partial charge in [0.1, 0.15) is 16.8 Å². The molecule has 0 aliphatic carbocycles. The Morgan fingerprint density at radius 1 is 1.08 bits per heavy atom. The van der Waals surface area contributed by atoms with Gasteiger partial charge < -0.3 is 18.9 Å². The van der Waals surface area contributed by atoms with E-state index >= 15 is 0 Å². The number of carbonyl (C=O) groups excluding carboxylic acids is 1. The molecule has 6 nitrogen and oxygen atoms in total. The average molecular weight is 336 g/mol. The normalized spacial score (nSPS) is 11.2. The first-order chi connectivity index (χ1) is 12.0. The minimum atomic E-state index is -0.313. The Morgan fingerprint density at radius 3 is 2.68 bits per heavy atom. The fourth-order valence-corrected chi connectivity index (χ4v) is 2.85. The van der Waals surface area contributed by atoms with E-state index in [4.69, 9.17) is 13.6 Å². The highest BCUT2D eigenvalue weighted by Crippen LogP contribution is 2.29. The Labute approximate surface area is 143 Å². The van der Waals surface area contributed by atoms with Crippen LogP contribution in [0.3, 0.4) is 0 Å². The van der Waals surface area contributed by atoms with Crippen LogP contribution in [0.1, 0.15) is 22.0 Å². The molecule has 0 fully saturated rings. The molecular formula is C19H16N2O4. The van der Waals surface area contributed by atoms with Crippen molar-refractivity contribution < 1.29 is 18.4 Å². The average Bonchev–Trinajstić information content (AvgIpc) is 3.13. The summed E-state index contributed by atoms with van der Waals surface area (Å²) in [6, 6.07) is 10.8. The molecule has 0 bridgehead atoms. The third-order valence-electron chi connectivity index (χ3n) is 4.10. The predicted octanol–water partition coefficient (Wildman–Crippen LogP) is 4.45.